The molecule has 0 fully saturated rings. The van der Waals surface area contributed by atoms with Gasteiger partial charge in [-0.05, 0) is 23.7 Å². The fraction of sp³-hybridized carbons (Fsp3) is 0. The number of hydrogen-bond donors (Lipinski definition) is 1. The van der Waals surface area contributed by atoms with Crippen LogP contribution in [0.3, 0.4) is 0 Å². The van der Waals surface area contributed by atoms with Crippen LogP contribution in [0.4, 0.5) is 11.4 Å². The molecule has 11 heavy (non-hydrogen) atoms. The van der Waals surface area contributed by atoms with Gasteiger partial charge in [-0.3, -0.25) is 0 Å². The second-order valence-electron chi connectivity index (χ2n) is 1.89. The average molecular weight is 169 g/mol. The van der Waals surface area contributed by atoms with Crippen LogP contribution < -0.4 is 5.73 Å². The summed E-state index contributed by atoms with van der Waals surface area (Å²) in [6.45, 7) is 0. The summed E-state index contributed by atoms with van der Waals surface area (Å²) in [6.07, 6.45) is 0. The highest BCUT2D eigenvalue weighted by Crippen LogP contribution is 2.25. The highest BCUT2D eigenvalue weighted by molar-refractivity contribution is 6.31. The number of anilines is 1. The van der Waals surface area contributed by atoms with Crippen LogP contribution in [0.15, 0.2) is 23.3 Å². The molecule has 56 valence electrons. The van der Waals surface area contributed by atoms with Crippen molar-refractivity contribution in [2.45, 2.75) is 0 Å². The Labute approximate surface area is 68.2 Å². The monoisotopic (exact) mass is 168 g/mol. The largest absolute Gasteiger partial charge is 0.398 e. The van der Waals surface area contributed by atoms with Gasteiger partial charge in [-0.1, -0.05) is 16.7 Å². The van der Waals surface area contributed by atoms with Crippen molar-refractivity contribution in [3.8, 4) is 0 Å². The van der Waals surface area contributed by atoms with Crippen molar-refractivity contribution in [2.24, 2.45) is 5.11 Å². The van der Waals surface area contributed by atoms with Gasteiger partial charge < -0.3 is 5.73 Å². The zero-order chi connectivity index (χ0) is 8.27. The smallest absolute Gasteiger partial charge is 0.0619 e. The van der Waals surface area contributed by atoms with Crippen LogP contribution in [-0.4, -0.2) is 0 Å². The number of hydrogen-bond acceptors (Lipinski definition) is 2. The van der Waals surface area contributed by atoms with Crippen molar-refractivity contribution >= 4 is 23.0 Å². The van der Waals surface area contributed by atoms with Crippen LogP contribution in [-0.2, 0) is 0 Å². The Morgan fingerprint density at radius 3 is 2.91 bits per heavy atom. The molecule has 0 radical (unpaired) electrons. The fourth-order valence-electron chi connectivity index (χ4n) is 0.652. The van der Waals surface area contributed by atoms with E-state index in [9.17, 15) is 0 Å². The zero-order valence-corrected chi connectivity index (χ0v) is 6.28. The van der Waals surface area contributed by atoms with E-state index in [-0.39, 0.29) is 0 Å². The standard InChI is InChI=1S/C6H5ClN4/c7-4-1-2-5(8)6(3-4)10-11-9/h1-3H,8H2. The molecular weight excluding hydrogens is 164 g/mol. The lowest BCUT2D eigenvalue weighted by molar-refractivity contribution is 1.48. The van der Waals surface area contributed by atoms with E-state index in [0.29, 0.717) is 16.4 Å². The number of nitrogens with zero attached hydrogens (tertiary/aromatic N) is 3. The van der Waals surface area contributed by atoms with Crippen molar-refractivity contribution < 1.29 is 0 Å². The molecule has 0 unspecified atom stereocenters. The first-order valence-corrected chi connectivity index (χ1v) is 3.22. The van der Waals surface area contributed by atoms with Gasteiger partial charge in [0.1, 0.15) is 0 Å². The Hall–Kier alpha value is -1.38. The van der Waals surface area contributed by atoms with E-state index in [1.54, 1.807) is 12.1 Å². The summed E-state index contributed by atoms with van der Waals surface area (Å²) in [4.78, 5) is 2.59. The minimum Gasteiger partial charge on any atom is -0.398 e. The Morgan fingerprint density at radius 2 is 2.27 bits per heavy atom. The van der Waals surface area contributed by atoms with E-state index in [0.717, 1.165) is 0 Å². The minimum atomic E-state index is 0.361. The van der Waals surface area contributed by atoms with E-state index in [1.807, 2.05) is 0 Å². The lowest BCUT2D eigenvalue weighted by Gasteiger charge is -1.97. The Morgan fingerprint density at radius 1 is 1.55 bits per heavy atom. The van der Waals surface area contributed by atoms with E-state index >= 15 is 0 Å². The second kappa shape index (κ2) is 3.14. The zero-order valence-electron chi connectivity index (χ0n) is 5.53. The third kappa shape index (κ3) is 1.77. The molecule has 0 spiro atoms. The predicted octanol–water partition coefficient (Wildman–Crippen LogP) is 2.86. The van der Waals surface area contributed by atoms with Crippen molar-refractivity contribution in [1.29, 1.82) is 0 Å². The number of nitrogen functional groups attached to an aromatic ring is 1. The molecule has 0 aromatic heterocycles. The van der Waals surface area contributed by atoms with Crippen LogP contribution in [0.25, 0.3) is 10.4 Å². The molecule has 0 aliphatic carbocycles. The van der Waals surface area contributed by atoms with Gasteiger partial charge >= 0.3 is 0 Å². The van der Waals surface area contributed by atoms with Crippen LogP contribution in [0, 0.1) is 0 Å². The lowest BCUT2D eigenvalue weighted by atomic mass is 10.3. The third-order valence-corrected chi connectivity index (χ3v) is 1.38. The molecule has 1 aromatic carbocycles. The van der Waals surface area contributed by atoms with Crippen LogP contribution in [0.5, 0.6) is 0 Å². The first kappa shape index (κ1) is 7.72. The van der Waals surface area contributed by atoms with Gasteiger partial charge in [0.25, 0.3) is 0 Å². The van der Waals surface area contributed by atoms with Crippen molar-refractivity contribution in [2.75, 3.05) is 5.73 Å². The molecule has 0 aliphatic heterocycles. The van der Waals surface area contributed by atoms with E-state index in [4.69, 9.17) is 22.9 Å². The topological polar surface area (TPSA) is 74.8 Å². The molecule has 5 heteroatoms. The molecule has 1 rings (SSSR count). The Balaban J connectivity index is 3.22. The van der Waals surface area contributed by atoms with Gasteiger partial charge in [-0.2, -0.15) is 0 Å². The van der Waals surface area contributed by atoms with Crippen LogP contribution >= 0.6 is 11.6 Å². The van der Waals surface area contributed by atoms with E-state index in [2.05, 4.69) is 10.0 Å². The van der Waals surface area contributed by atoms with Crippen molar-refractivity contribution in [1.82, 2.24) is 0 Å². The number of nitrogens with two attached hydrogens (primary N) is 1. The molecule has 1 aromatic rings. The maximum absolute atomic E-state index is 8.09. The quantitative estimate of drug-likeness (QED) is 0.298. The number of azide groups is 1. The summed E-state index contributed by atoms with van der Waals surface area (Å²) in [5, 5.41) is 3.84. The molecule has 0 atom stereocenters. The van der Waals surface area contributed by atoms with Gasteiger partial charge in [0, 0.05) is 15.6 Å². The second-order valence-corrected chi connectivity index (χ2v) is 2.33. The van der Waals surface area contributed by atoms with Gasteiger partial charge in [-0.25, -0.2) is 0 Å². The first-order chi connectivity index (χ1) is 5.24. The SMILES string of the molecule is [N-]=[N+]=Nc1cc(Cl)ccc1N. The summed E-state index contributed by atoms with van der Waals surface area (Å²) < 4.78 is 0. The number of benzene rings is 1. The molecule has 2 N–H and O–H groups in total. The molecule has 0 saturated heterocycles. The first-order valence-electron chi connectivity index (χ1n) is 2.84. The van der Waals surface area contributed by atoms with Crippen molar-refractivity contribution in [3.63, 3.8) is 0 Å². The summed E-state index contributed by atoms with van der Waals surface area (Å²) in [5.41, 5.74) is 14.3. The van der Waals surface area contributed by atoms with Gasteiger partial charge in [0.2, 0.25) is 0 Å². The molecule has 0 heterocycles. The van der Waals surface area contributed by atoms with Gasteiger partial charge in [0.05, 0.1) is 5.69 Å². The molecule has 0 aliphatic rings. The number of rotatable bonds is 1. The normalized spacial score (nSPS) is 8.82. The van der Waals surface area contributed by atoms with E-state index in [1.165, 1.54) is 6.07 Å². The highest BCUT2D eigenvalue weighted by Gasteiger charge is 1.95. The predicted molar refractivity (Wildman–Crippen MR) is 44.7 cm³/mol. The maximum Gasteiger partial charge on any atom is 0.0619 e. The summed E-state index contributed by atoms with van der Waals surface area (Å²) in [5.74, 6) is 0. The lowest BCUT2D eigenvalue weighted by Crippen LogP contribution is -1.83. The van der Waals surface area contributed by atoms with E-state index < -0.39 is 0 Å². The van der Waals surface area contributed by atoms with Crippen LogP contribution in [0.2, 0.25) is 5.02 Å². The minimum absolute atomic E-state index is 0.361. The highest BCUT2D eigenvalue weighted by atomic mass is 35.5. The molecule has 0 saturated carbocycles. The average Bonchev–Trinajstić information content (AvgIpc) is 1.98. The summed E-state index contributed by atoms with van der Waals surface area (Å²) in [6, 6.07) is 4.73. The maximum atomic E-state index is 8.09. The summed E-state index contributed by atoms with van der Waals surface area (Å²) in [7, 11) is 0. The summed E-state index contributed by atoms with van der Waals surface area (Å²) >= 11 is 5.61. The van der Waals surface area contributed by atoms with Crippen LogP contribution in [0.1, 0.15) is 0 Å². The molecular formula is C6H5ClN4. The Kier molecular flexibility index (Phi) is 2.21. The van der Waals surface area contributed by atoms with Crippen molar-refractivity contribution in [3.05, 3.63) is 33.7 Å². The van der Waals surface area contributed by atoms with Gasteiger partial charge in [-0.15, -0.1) is 0 Å². The molecule has 0 bridgehead atoms. The Bertz CT molecular complexity index is 316. The van der Waals surface area contributed by atoms with Gasteiger partial charge in [0.15, 0.2) is 0 Å². The molecule has 4 nitrogen and oxygen atoms in total. The fourth-order valence-corrected chi connectivity index (χ4v) is 0.818. The number of halogens is 1. The third-order valence-electron chi connectivity index (χ3n) is 1.14. The molecule has 0 amide bonds.